The summed E-state index contributed by atoms with van der Waals surface area (Å²) in [5, 5.41) is 2.70. The zero-order chi connectivity index (χ0) is 15.5. The highest BCUT2D eigenvalue weighted by Gasteiger charge is 2.17. The highest BCUT2D eigenvalue weighted by atomic mass is 35.7. The minimum Gasteiger partial charge on any atom is -0.352 e. The van der Waals surface area contributed by atoms with Gasteiger partial charge in [-0.05, 0) is 43.4 Å². The highest BCUT2D eigenvalue weighted by Crippen LogP contribution is 2.19. The summed E-state index contributed by atoms with van der Waals surface area (Å²) in [5.41, 5.74) is -0.0550. The van der Waals surface area contributed by atoms with Crippen molar-refractivity contribution < 1.29 is 17.6 Å². The van der Waals surface area contributed by atoms with Gasteiger partial charge in [0.05, 0.1) is 4.90 Å². The Morgan fingerprint density at radius 1 is 1.33 bits per heavy atom. The lowest BCUT2D eigenvalue weighted by atomic mass is 9.94. The molecule has 0 radical (unpaired) electrons. The molecule has 1 N–H and O–H groups in total. The van der Waals surface area contributed by atoms with Gasteiger partial charge in [-0.15, -0.1) is 0 Å². The molecule has 0 spiro atoms. The van der Waals surface area contributed by atoms with Crippen molar-refractivity contribution in [3.8, 4) is 0 Å². The van der Waals surface area contributed by atoms with Gasteiger partial charge in [-0.1, -0.05) is 12.2 Å². The normalized spacial score (nSPS) is 18.5. The molecular weight excluding hydrogens is 317 g/mol. The molecule has 0 saturated carbocycles. The molecule has 0 bridgehead atoms. The van der Waals surface area contributed by atoms with Crippen LogP contribution in [0.15, 0.2) is 35.2 Å². The lowest BCUT2D eigenvalue weighted by molar-refractivity contribution is 0.0945. The van der Waals surface area contributed by atoms with Crippen LogP contribution in [0.1, 0.15) is 29.6 Å². The average molecular weight is 332 g/mol. The van der Waals surface area contributed by atoms with Crippen molar-refractivity contribution in [3.05, 3.63) is 41.7 Å². The Morgan fingerprint density at radius 2 is 2.10 bits per heavy atom. The van der Waals surface area contributed by atoms with Gasteiger partial charge in [0.1, 0.15) is 5.82 Å². The van der Waals surface area contributed by atoms with Crippen LogP contribution in [0.4, 0.5) is 4.39 Å². The van der Waals surface area contributed by atoms with Gasteiger partial charge in [-0.2, -0.15) is 0 Å². The molecule has 1 atom stereocenters. The maximum Gasteiger partial charge on any atom is 0.261 e. The Morgan fingerprint density at radius 3 is 2.71 bits per heavy atom. The smallest absolute Gasteiger partial charge is 0.261 e. The van der Waals surface area contributed by atoms with Gasteiger partial charge in [-0.3, -0.25) is 4.79 Å². The number of hydrogen-bond donors (Lipinski definition) is 1. The summed E-state index contributed by atoms with van der Waals surface area (Å²) in [4.78, 5) is 11.6. The summed E-state index contributed by atoms with van der Waals surface area (Å²) in [7, 11) is 1.10. The van der Waals surface area contributed by atoms with E-state index >= 15 is 0 Å². The first kappa shape index (κ1) is 16.0. The number of allylic oxidation sites excluding steroid dienone is 2. The van der Waals surface area contributed by atoms with Crippen LogP contribution < -0.4 is 5.32 Å². The number of carbonyl (C=O) groups excluding carboxylic acids is 1. The molecule has 1 unspecified atom stereocenters. The van der Waals surface area contributed by atoms with Crippen molar-refractivity contribution in [1.82, 2.24) is 5.32 Å². The molecule has 1 aromatic rings. The van der Waals surface area contributed by atoms with Gasteiger partial charge < -0.3 is 5.32 Å². The number of nitrogens with one attached hydrogen (secondary N) is 1. The third-order valence-corrected chi connectivity index (χ3v) is 4.68. The van der Waals surface area contributed by atoms with Crippen LogP contribution in [0.25, 0.3) is 0 Å². The van der Waals surface area contributed by atoms with Crippen molar-refractivity contribution >= 4 is 25.6 Å². The van der Waals surface area contributed by atoms with Crippen LogP contribution in [-0.4, -0.2) is 20.9 Å². The predicted octanol–water partition coefficient (Wildman–Crippen LogP) is 2.84. The topological polar surface area (TPSA) is 63.2 Å². The van der Waals surface area contributed by atoms with Gasteiger partial charge in [0, 0.05) is 22.8 Å². The molecule has 0 heterocycles. The van der Waals surface area contributed by atoms with Gasteiger partial charge in [0.2, 0.25) is 0 Å². The lowest BCUT2D eigenvalue weighted by Gasteiger charge is -2.18. The lowest BCUT2D eigenvalue weighted by Crippen LogP contribution is -2.29. The second kappa shape index (κ2) is 6.58. The van der Waals surface area contributed by atoms with Crippen LogP contribution in [0.3, 0.4) is 0 Å². The number of rotatable bonds is 4. The molecule has 1 aromatic carbocycles. The standard InChI is InChI=1S/C14H15ClFNO3S/c15-21(19,20)13-7-11(6-12(16)8-13)14(18)17-9-10-4-2-1-3-5-10/h1-2,6-8,10H,3-5,9H2,(H,17,18). The number of halogens is 2. The van der Waals surface area contributed by atoms with Gasteiger partial charge in [0.15, 0.2) is 0 Å². The maximum atomic E-state index is 13.4. The monoisotopic (exact) mass is 331 g/mol. The molecule has 0 saturated heterocycles. The van der Waals surface area contributed by atoms with E-state index < -0.39 is 25.7 Å². The SMILES string of the molecule is O=C(NCC1CC=CCC1)c1cc(F)cc(S(=O)(=O)Cl)c1. The summed E-state index contributed by atoms with van der Waals surface area (Å²) in [6.07, 6.45) is 7.03. The Bertz CT molecular complexity index is 673. The number of hydrogen-bond acceptors (Lipinski definition) is 3. The molecule has 7 heteroatoms. The van der Waals surface area contributed by atoms with Gasteiger partial charge in [0.25, 0.3) is 15.0 Å². The van der Waals surface area contributed by atoms with Gasteiger partial charge in [-0.25, -0.2) is 12.8 Å². The molecular formula is C14H15ClFNO3S. The van der Waals surface area contributed by atoms with E-state index in [1.165, 1.54) is 0 Å². The first-order chi connectivity index (χ1) is 9.86. The molecule has 1 aliphatic carbocycles. The van der Waals surface area contributed by atoms with Crippen LogP contribution in [0, 0.1) is 11.7 Å². The molecule has 4 nitrogen and oxygen atoms in total. The summed E-state index contributed by atoms with van der Waals surface area (Å²) >= 11 is 0. The zero-order valence-corrected chi connectivity index (χ0v) is 12.8. The fourth-order valence-corrected chi connectivity index (χ4v) is 3.00. The maximum absolute atomic E-state index is 13.4. The van der Waals surface area contributed by atoms with E-state index in [0.717, 1.165) is 37.5 Å². The van der Waals surface area contributed by atoms with Crippen molar-refractivity contribution in [2.24, 2.45) is 5.92 Å². The molecule has 1 aliphatic rings. The van der Waals surface area contributed by atoms with Gasteiger partial charge >= 0.3 is 0 Å². The first-order valence-electron chi connectivity index (χ1n) is 6.55. The summed E-state index contributed by atoms with van der Waals surface area (Å²) in [5.74, 6) is -0.975. The second-order valence-corrected chi connectivity index (χ2v) is 7.54. The average Bonchev–Trinajstić information content (AvgIpc) is 2.44. The Labute approximate surface area is 127 Å². The molecule has 0 fully saturated rings. The minimum atomic E-state index is -4.07. The van der Waals surface area contributed by atoms with E-state index in [0.29, 0.717) is 12.5 Å². The summed E-state index contributed by atoms with van der Waals surface area (Å²) in [6.45, 7) is 0.475. The van der Waals surface area contributed by atoms with E-state index in [4.69, 9.17) is 10.7 Å². The molecule has 21 heavy (non-hydrogen) atoms. The fraction of sp³-hybridized carbons (Fsp3) is 0.357. The van der Waals surface area contributed by atoms with Crippen molar-refractivity contribution in [2.45, 2.75) is 24.2 Å². The fourth-order valence-electron chi connectivity index (χ4n) is 2.22. The summed E-state index contributed by atoms with van der Waals surface area (Å²) < 4.78 is 35.9. The van der Waals surface area contributed by atoms with Crippen LogP contribution in [0.5, 0.6) is 0 Å². The minimum absolute atomic E-state index is 0.0550. The Balaban J connectivity index is 2.08. The largest absolute Gasteiger partial charge is 0.352 e. The van der Waals surface area contributed by atoms with Crippen LogP contribution >= 0.6 is 10.7 Å². The third-order valence-electron chi connectivity index (χ3n) is 3.34. The number of benzene rings is 1. The molecule has 114 valence electrons. The molecule has 0 aliphatic heterocycles. The quantitative estimate of drug-likeness (QED) is 0.681. The number of carbonyl (C=O) groups is 1. The zero-order valence-electron chi connectivity index (χ0n) is 11.2. The van der Waals surface area contributed by atoms with E-state index in [9.17, 15) is 17.6 Å². The van der Waals surface area contributed by atoms with Crippen molar-refractivity contribution in [3.63, 3.8) is 0 Å². The Hall–Kier alpha value is -1.40. The number of amides is 1. The van der Waals surface area contributed by atoms with E-state index in [1.807, 2.05) is 0 Å². The van der Waals surface area contributed by atoms with Crippen LogP contribution in [-0.2, 0) is 9.05 Å². The molecule has 2 rings (SSSR count). The molecule has 0 aromatic heterocycles. The first-order valence-corrected chi connectivity index (χ1v) is 8.85. The Kier molecular flexibility index (Phi) is 5.00. The molecule has 1 amide bonds. The summed E-state index contributed by atoms with van der Waals surface area (Å²) in [6, 6.07) is 2.84. The third kappa shape index (κ3) is 4.54. The highest BCUT2D eigenvalue weighted by molar-refractivity contribution is 8.13. The van der Waals surface area contributed by atoms with Crippen LogP contribution in [0.2, 0.25) is 0 Å². The van der Waals surface area contributed by atoms with E-state index in [1.54, 1.807) is 0 Å². The van der Waals surface area contributed by atoms with Crippen molar-refractivity contribution in [2.75, 3.05) is 6.54 Å². The van der Waals surface area contributed by atoms with E-state index in [-0.39, 0.29) is 5.56 Å². The second-order valence-electron chi connectivity index (χ2n) is 4.97. The van der Waals surface area contributed by atoms with E-state index in [2.05, 4.69) is 17.5 Å². The van der Waals surface area contributed by atoms with Crippen molar-refractivity contribution in [1.29, 1.82) is 0 Å². The predicted molar refractivity (Wildman–Crippen MR) is 78.3 cm³/mol.